The summed E-state index contributed by atoms with van der Waals surface area (Å²) in [4.78, 5) is 34.8. The fourth-order valence-electron chi connectivity index (χ4n) is 2.21. The summed E-state index contributed by atoms with van der Waals surface area (Å²) >= 11 is 0. The summed E-state index contributed by atoms with van der Waals surface area (Å²) in [6.07, 6.45) is -0.999. The maximum Gasteiger partial charge on any atom is 0.408 e. The van der Waals surface area contributed by atoms with Crippen LogP contribution < -0.4 is 10.6 Å². The zero-order valence-electron chi connectivity index (χ0n) is 16.3. The smallest absolute Gasteiger partial charge is 0.408 e. The lowest BCUT2D eigenvalue weighted by atomic mass is 10.0. The van der Waals surface area contributed by atoms with Crippen LogP contribution in [-0.4, -0.2) is 49.4 Å². The molecule has 0 aliphatic carbocycles. The van der Waals surface area contributed by atoms with Crippen LogP contribution in [-0.2, 0) is 24.2 Å². The van der Waals surface area contributed by atoms with E-state index in [4.69, 9.17) is 9.84 Å². The summed E-state index contributed by atoms with van der Waals surface area (Å²) in [6.45, 7) is 6.04. The molecule has 9 nitrogen and oxygen atoms in total. The van der Waals surface area contributed by atoms with Gasteiger partial charge in [0.2, 0.25) is 5.91 Å². The molecule has 0 bridgehead atoms. The molecule has 28 heavy (non-hydrogen) atoms. The number of carboxylic acids is 1. The SMILES string of the molecule is CCS(=O)(=O)c1ccc([C@H](CC(=O)NCC(=O)O)NC(=O)OC(C)(C)C)cc1. The number of sulfone groups is 1. The van der Waals surface area contributed by atoms with E-state index in [0.717, 1.165) is 0 Å². The molecule has 1 aromatic carbocycles. The van der Waals surface area contributed by atoms with Crippen molar-refractivity contribution in [2.45, 2.75) is 50.7 Å². The Bertz CT molecular complexity index is 811. The van der Waals surface area contributed by atoms with E-state index in [2.05, 4.69) is 10.6 Å². The lowest BCUT2D eigenvalue weighted by Crippen LogP contribution is -2.38. The summed E-state index contributed by atoms with van der Waals surface area (Å²) in [5.41, 5.74) is -0.273. The maximum absolute atomic E-state index is 12.1. The Labute approximate surface area is 164 Å². The van der Waals surface area contributed by atoms with Gasteiger partial charge >= 0.3 is 12.1 Å². The minimum atomic E-state index is -3.39. The van der Waals surface area contributed by atoms with Crippen molar-refractivity contribution in [3.63, 3.8) is 0 Å². The van der Waals surface area contributed by atoms with E-state index in [1.54, 1.807) is 20.8 Å². The number of amides is 2. The molecule has 0 aromatic heterocycles. The Kier molecular flexibility index (Phi) is 7.98. The van der Waals surface area contributed by atoms with Crippen molar-refractivity contribution in [1.82, 2.24) is 10.6 Å². The largest absolute Gasteiger partial charge is 0.480 e. The van der Waals surface area contributed by atoms with E-state index in [1.807, 2.05) is 0 Å². The van der Waals surface area contributed by atoms with Gasteiger partial charge < -0.3 is 20.5 Å². The summed E-state index contributed by atoms with van der Waals surface area (Å²) in [5.74, 6) is -1.84. The summed E-state index contributed by atoms with van der Waals surface area (Å²) in [6, 6.07) is 4.95. The summed E-state index contributed by atoms with van der Waals surface area (Å²) < 4.78 is 29.1. The first-order chi connectivity index (χ1) is 12.8. The van der Waals surface area contributed by atoms with Gasteiger partial charge in [0, 0.05) is 0 Å². The predicted octanol–water partition coefficient (Wildman–Crippen LogP) is 1.64. The average molecular weight is 414 g/mol. The number of ether oxygens (including phenoxy) is 1. The van der Waals surface area contributed by atoms with Gasteiger partial charge in [0.25, 0.3) is 0 Å². The quantitative estimate of drug-likeness (QED) is 0.587. The predicted molar refractivity (Wildman–Crippen MR) is 102 cm³/mol. The number of carbonyl (C=O) groups excluding carboxylic acids is 2. The van der Waals surface area contributed by atoms with Gasteiger partial charge in [-0.3, -0.25) is 9.59 Å². The Balaban J connectivity index is 3.03. The molecule has 3 N–H and O–H groups in total. The van der Waals surface area contributed by atoms with Gasteiger partial charge in [-0.25, -0.2) is 13.2 Å². The van der Waals surface area contributed by atoms with Crippen LogP contribution in [0.1, 0.15) is 45.7 Å². The fraction of sp³-hybridized carbons (Fsp3) is 0.500. The second-order valence-corrected chi connectivity index (χ2v) is 9.32. The number of carbonyl (C=O) groups is 3. The monoisotopic (exact) mass is 414 g/mol. The van der Waals surface area contributed by atoms with Crippen LogP contribution in [0.3, 0.4) is 0 Å². The van der Waals surface area contributed by atoms with E-state index in [-0.39, 0.29) is 17.1 Å². The summed E-state index contributed by atoms with van der Waals surface area (Å²) in [7, 11) is -3.39. The number of rotatable bonds is 8. The highest BCUT2D eigenvalue weighted by Gasteiger charge is 2.23. The number of nitrogens with one attached hydrogen (secondary N) is 2. The number of benzene rings is 1. The third-order valence-corrected chi connectivity index (χ3v) is 5.29. The molecule has 0 fully saturated rings. The average Bonchev–Trinajstić information content (AvgIpc) is 2.58. The molecule has 156 valence electrons. The molecule has 0 radical (unpaired) electrons. The van der Waals surface area contributed by atoms with Gasteiger partial charge in [0.15, 0.2) is 9.84 Å². The molecule has 10 heteroatoms. The van der Waals surface area contributed by atoms with Crippen LogP contribution in [0.25, 0.3) is 0 Å². The molecule has 2 amide bonds. The Hall–Kier alpha value is -2.62. The van der Waals surface area contributed by atoms with Gasteiger partial charge in [-0.15, -0.1) is 0 Å². The number of aliphatic carboxylic acids is 1. The highest BCUT2D eigenvalue weighted by molar-refractivity contribution is 7.91. The normalized spacial score (nSPS) is 12.7. The molecule has 0 saturated carbocycles. The zero-order chi connectivity index (χ0) is 21.5. The van der Waals surface area contributed by atoms with Crippen molar-refractivity contribution >= 4 is 27.8 Å². The minimum absolute atomic E-state index is 0.0521. The molecule has 0 unspecified atom stereocenters. The standard InChI is InChI=1S/C18H26N2O7S/c1-5-28(25,26)13-8-6-12(7-9-13)14(10-15(21)19-11-16(22)23)20-17(24)27-18(2,3)4/h6-9,14H,5,10-11H2,1-4H3,(H,19,21)(H,20,24)(H,22,23)/t14-/m0/s1. The lowest BCUT2D eigenvalue weighted by Gasteiger charge is -2.24. The van der Waals surface area contributed by atoms with Crippen molar-refractivity contribution in [2.24, 2.45) is 0 Å². The number of alkyl carbamates (subject to hydrolysis) is 1. The third kappa shape index (κ3) is 7.95. The first-order valence-corrected chi connectivity index (χ1v) is 10.3. The number of carboxylic acid groups (broad SMARTS) is 1. The van der Waals surface area contributed by atoms with Crippen LogP contribution in [0.5, 0.6) is 0 Å². The minimum Gasteiger partial charge on any atom is -0.480 e. The van der Waals surface area contributed by atoms with Crippen molar-refractivity contribution in [2.75, 3.05) is 12.3 Å². The van der Waals surface area contributed by atoms with Gasteiger partial charge in [-0.2, -0.15) is 0 Å². The van der Waals surface area contributed by atoms with Crippen molar-refractivity contribution in [3.05, 3.63) is 29.8 Å². The van der Waals surface area contributed by atoms with Crippen LogP contribution in [0.2, 0.25) is 0 Å². The first-order valence-electron chi connectivity index (χ1n) is 8.65. The van der Waals surface area contributed by atoms with Crippen LogP contribution in [0.4, 0.5) is 4.79 Å². The van der Waals surface area contributed by atoms with E-state index < -0.39 is 46.0 Å². The van der Waals surface area contributed by atoms with E-state index in [1.165, 1.54) is 31.2 Å². The van der Waals surface area contributed by atoms with Crippen molar-refractivity contribution < 1.29 is 32.6 Å². The topological polar surface area (TPSA) is 139 Å². The highest BCUT2D eigenvalue weighted by atomic mass is 32.2. The molecule has 0 aliphatic rings. The molecule has 1 atom stereocenters. The molecule has 0 saturated heterocycles. The van der Waals surface area contributed by atoms with Crippen molar-refractivity contribution in [3.8, 4) is 0 Å². The molecule has 0 spiro atoms. The molecule has 0 heterocycles. The summed E-state index contributed by atoms with van der Waals surface area (Å²) in [5, 5.41) is 13.4. The Morgan fingerprint density at radius 3 is 2.18 bits per heavy atom. The van der Waals surface area contributed by atoms with Crippen LogP contribution in [0, 0.1) is 0 Å². The molecular weight excluding hydrogens is 388 g/mol. The number of hydrogen-bond acceptors (Lipinski definition) is 6. The van der Waals surface area contributed by atoms with Gasteiger partial charge in [-0.1, -0.05) is 19.1 Å². The number of hydrogen-bond donors (Lipinski definition) is 3. The van der Waals surface area contributed by atoms with E-state index in [0.29, 0.717) is 5.56 Å². The second-order valence-electron chi connectivity index (χ2n) is 7.05. The highest BCUT2D eigenvalue weighted by Crippen LogP contribution is 2.21. The maximum atomic E-state index is 12.1. The van der Waals surface area contributed by atoms with Crippen LogP contribution >= 0.6 is 0 Å². The van der Waals surface area contributed by atoms with E-state index in [9.17, 15) is 22.8 Å². The van der Waals surface area contributed by atoms with Gasteiger partial charge in [0.05, 0.1) is 23.1 Å². The lowest BCUT2D eigenvalue weighted by molar-refractivity contribution is -0.138. The molecule has 1 rings (SSSR count). The second kappa shape index (κ2) is 9.54. The molecular formula is C18H26N2O7S. The van der Waals surface area contributed by atoms with Gasteiger partial charge in [0.1, 0.15) is 12.1 Å². The first kappa shape index (κ1) is 23.4. The zero-order valence-corrected chi connectivity index (χ0v) is 17.1. The fourth-order valence-corrected chi connectivity index (χ4v) is 3.09. The van der Waals surface area contributed by atoms with Crippen LogP contribution in [0.15, 0.2) is 29.2 Å². The Morgan fingerprint density at radius 1 is 1.14 bits per heavy atom. The molecule has 0 aliphatic heterocycles. The van der Waals surface area contributed by atoms with Gasteiger partial charge in [-0.05, 0) is 38.5 Å². The van der Waals surface area contributed by atoms with E-state index >= 15 is 0 Å². The Morgan fingerprint density at radius 2 is 1.71 bits per heavy atom. The molecule has 1 aromatic rings. The third-order valence-electron chi connectivity index (χ3n) is 3.54. The van der Waals surface area contributed by atoms with Crippen molar-refractivity contribution in [1.29, 1.82) is 0 Å².